The number of aryl methyl sites for hydroxylation is 1. The monoisotopic (exact) mass is 429 g/mol. The van der Waals surface area contributed by atoms with Gasteiger partial charge in [-0.25, -0.2) is 9.97 Å². The van der Waals surface area contributed by atoms with Crippen LogP contribution in [0.4, 0.5) is 5.82 Å². The molecule has 0 aliphatic heterocycles. The minimum absolute atomic E-state index is 0.529. The summed E-state index contributed by atoms with van der Waals surface area (Å²) in [5.74, 6) is 1.18. The number of hydrogen-bond acceptors (Lipinski definition) is 3. The third-order valence-corrected chi connectivity index (χ3v) is 5.28. The topological polar surface area (TPSA) is 51.8 Å². The average molecular weight is 430 g/mol. The lowest BCUT2D eigenvalue weighted by molar-refractivity contribution is 1.09. The first-order valence-corrected chi connectivity index (χ1v) is 11.0. The molecule has 0 aliphatic carbocycles. The molecule has 3 heteroatoms. The molecule has 0 saturated heterocycles. The van der Waals surface area contributed by atoms with Crippen molar-refractivity contribution >= 4 is 5.82 Å². The number of nitrogen functional groups attached to an aromatic ring is 1. The Labute approximate surface area is 195 Å². The summed E-state index contributed by atoms with van der Waals surface area (Å²) in [6, 6.07) is 40.6. The van der Waals surface area contributed by atoms with Crippen LogP contribution in [0.15, 0.2) is 121 Å². The molecule has 0 spiro atoms. The molecule has 0 aliphatic rings. The molecular weight excluding hydrogens is 402 g/mol. The molecule has 5 aromatic rings. The zero-order valence-electron chi connectivity index (χ0n) is 18.7. The molecule has 0 amide bonds. The van der Waals surface area contributed by atoms with E-state index in [1.807, 2.05) is 84.9 Å². The molecule has 0 atom stereocenters. The van der Waals surface area contributed by atoms with E-state index < -0.39 is 0 Å². The van der Waals surface area contributed by atoms with Crippen molar-refractivity contribution in [2.45, 2.75) is 13.3 Å². The van der Waals surface area contributed by atoms with E-state index in [-0.39, 0.29) is 0 Å². The number of nitrogens with zero attached hydrogens (tertiary/aromatic N) is 2. The average Bonchev–Trinajstić information content (AvgIpc) is 2.88. The molecule has 0 unspecified atom stereocenters. The molecule has 33 heavy (non-hydrogen) atoms. The van der Waals surface area contributed by atoms with Crippen LogP contribution < -0.4 is 5.73 Å². The van der Waals surface area contributed by atoms with Gasteiger partial charge >= 0.3 is 0 Å². The Balaban J connectivity index is 0.000000318. The zero-order valence-corrected chi connectivity index (χ0v) is 18.7. The normalized spacial score (nSPS) is 10.2. The standard InChI is InChI=1S/C23H19N3.C7H8/c24-22-20(16-17-10-4-1-5-11-17)21(18-12-6-2-7-13-18)25-23(26-22)19-14-8-3-9-15-19;1-7-5-3-2-4-6-7/h1-15H,16H2,(H2,24,25,26);2-6H,1H3. The maximum atomic E-state index is 6.39. The van der Waals surface area contributed by atoms with E-state index in [9.17, 15) is 0 Å². The van der Waals surface area contributed by atoms with Gasteiger partial charge in [0.05, 0.1) is 5.69 Å². The van der Waals surface area contributed by atoms with Gasteiger partial charge in [-0.1, -0.05) is 127 Å². The van der Waals surface area contributed by atoms with Crippen LogP contribution in [-0.2, 0) is 6.42 Å². The lowest BCUT2D eigenvalue weighted by Gasteiger charge is -2.14. The van der Waals surface area contributed by atoms with E-state index in [0.29, 0.717) is 18.1 Å². The summed E-state index contributed by atoms with van der Waals surface area (Å²) >= 11 is 0. The Morgan fingerprint density at radius 3 is 1.58 bits per heavy atom. The minimum atomic E-state index is 0.529. The SMILES string of the molecule is Cc1ccccc1.Nc1nc(-c2ccccc2)nc(-c2ccccc2)c1Cc1ccccc1. The Morgan fingerprint density at radius 2 is 1.06 bits per heavy atom. The number of rotatable bonds is 4. The first-order chi connectivity index (χ1) is 16.2. The minimum Gasteiger partial charge on any atom is -0.383 e. The van der Waals surface area contributed by atoms with Crippen molar-refractivity contribution in [1.82, 2.24) is 9.97 Å². The van der Waals surface area contributed by atoms with Crippen molar-refractivity contribution in [3.8, 4) is 22.6 Å². The predicted octanol–water partition coefficient (Wildman–Crippen LogP) is 6.98. The van der Waals surface area contributed by atoms with Gasteiger partial charge in [-0.15, -0.1) is 0 Å². The number of anilines is 1. The van der Waals surface area contributed by atoms with Crippen molar-refractivity contribution in [2.24, 2.45) is 0 Å². The molecule has 3 nitrogen and oxygen atoms in total. The maximum absolute atomic E-state index is 6.39. The van der Waals surface area contributed by atoms with Crippen LogP contribution in [0.3, 0.4) is 0 Å². The van der Waals surface area contributed by atoms with Crippen LogP contribution in [0.25, 0.3) is 22.6 Å². The van der Waals surface area contributed by atoms with E-state index >= 15 is 0 Å². The summed E-state index contributed by atoms with van der Waals surface area (Å²) in [5.41, 5.74) is 12.8. The number of aromatic nitrogens is 2. The van der Waals surface area contributed by atoms with Crippen LogP contribution in [0, 0.1) is 6.92 Å². The number of nitrogens with two attached hydrogens (primary N) is 1. The van der Waals surface area contributed by atoms with Gasteiger partial charge in [0.2, 0.25) is 0 Å². The Bertz CT molecular complexity index is 1270. The molecule has 0 saturated carbocycles. The molecule has 2 N–H and O–H groups in total. The van der Waals surface area contributed by atoms with Gasteiger partial charge < -0.3 is 5.73 Å². The fourth-order valence-electron chi connectivity index (χ4n) is 3.56. The van der Waals surface area contributed by atoms with Crippen molar-refractivity contribution in [1.29, 1.82) is 0 Å². The second-order valence-electron chi connectivity index (χ2n) is 7.81. The third kappa shape index (κ3) is 5.92. The summed E-state index contributed by atoms with van der Waals surface area (Å²) in [5, 5.41) is 0. The first-order valence-electron chi connectivity index (χ1n) is 11.0. The molecule has 0 fully saturated rings. The highest BCUT2D eigenvalue weighted by molar-refractivity contribution is 5.72. The van der Waals surface area contributed by atoms with Crippen molar-refractivity contribution in [3.05, 3.63) is 138 Å². The van der Waals surface area contributed by atoms with Gasteiger partial charge in [-0.2, -0.15) is 0 Å². The van der Waals surface area contributed by atoms with Crippen LogP contribution >= 0.6 is 0 Å². The Morgan fingerprint density at radius 1 is 0.576 bits per heavy atom. The van der Waals surface area contributed by atoms with Gasteiger partial charge in [-0.05, 0) is 12.5 Å². The van der Waals surface area contributed by atoms with E-state index in [2.05, 4.69) is 48.3 Å². The fraction of sp³-hybridized carbons (Fsp3) is 0.0667. The Hall–Kier alpha value is -4.24. The summed E-state index contributed by atoms with van der Waals surface area (Å²) in [4.78, 5) is 9.47. The molecule has 0 radical (unpaired) electrons. The van der Waals surface area contributed by atoms with Crippen molar-refractivity contribution < 1.29 is 0 Å². The largest absolute Gasteiger partial charge is 0.383 e. The second-order valence-corrected chi connectivity index (χ2v) is 7.81. The van der Waals surface area contributed by atoms with E-state index in [4.69, 9.17) is 10.7 Å². The zero-order chi connectivity index (χ0) is 22.9. The highest BCUT2D eigenvalue weighted by Crippen LogP contribution is 2.30. The second kappa shape index (κ2) is 10.9. The van der Waals surface area contributed by atoms with Crippen molar-refractivity contribution in [2.75, 3.05) is 5.73 Å². The van der Waals surface area contributed by atoms with Crippen LogP contribution in [0.5, 0.6) is 0 Å². The van der Waals surface area contributed by atoms with E-state index in [1.165, 1.54) is 11.1 Å². The highest BCUT2D eigenvalue weighted by atomic mass is 15.0. The van der Waals surface area contributed by atoms with Gasteiger partial charge in [0.1, 0.15) is 5.82 Å². The summed E-state index contributed by atoms with van der Waals surface area (Å²) in [6.07, 6.45) is 0.700. The molecule has 4 aromatic carbocycles. The molecule has 5 rings (SSSR count). The summed E-state index contributed by atoms with van der Waals surface area (Å²) < 4.78 is 0. The van der Waals surface area contributed by atoms with Gasteiger partial charge in [0.25, 0.3) is 0 Å². The van der Waals surface area contributed by atoms with Gasteiger partial charge in [0, 0.05) is 23.1 Å². The summed E-state index contributed by atoms with van der Waals surface area (Å²) in [6.45, 7) is 2.08. The van der Waals surface area contributed by atoms with E-state index in [1.54, 1.807) is 0 Å². The fourth-order valence-corrected chi connectivity index (χ4v) is 3.56. The first kappa shape index (κ1) is 22.0. The predicted molar refractivity (Wildman–Crippen MR) is 138 cm³/mol. The van der Waals surface area contributed by atoms with Gasteiger partial charge in [-0.3, -0.25) is 0 Å². The smallest absolute Gasteiger partial charge is 0.162 e. The lowest BCUT2D eigenvalue weighted by atomic mass is 9.99. The number of hydrogen-bond donors (Lipinski definition) is 1. The third-order valence-electron chi connectivity index (χ3n) is 5.28. The quantitative estimate of drug-likeness (QED) is 0.335. The van der Waals surface area contributed by atoms with Crippen molar-refractivity contribution in [3.63, 3.8) is 0 Å². The summed E-state index contributed by atoms with van der Waals surface area (Å²) in [7, 11) is 0. The lowest BCUT2D eigenvalue weighted by Crippen LogP contribution is -2.06. The Kier molecular flexibility index (Phi) is 7.24. The number of benzene rings is 4. The highest BCUT2D eigenvalue weighted by Gasteiger charge is 2.15. The molecule has 1 heterocycles. The molecular formula is C30H27N3. The van der Waals surface area contributed by atoms with Crippen LogP contribution in [0.1, 0.15) is 16.7 Å². The maximum Gasteiger partial charge on any atom is 0.162 e. The van der Waals surface area contributed by atoms with Crippen LogP contribution in [0.2, 0.25) is 0 Å². The molecule has 0 bridgehead atoms. The molecule has 1 aromatic heterocycles. The molecule has 162 valence electrons. The van der Waals surface area contributed by atoms with E-state index in [0.717, 1.165) is 22.4 Å². The van der Waals surface area contributed by atoms with Gasteiger partial charge in [0.15, 0.2) is 5.82 Å². The van der Waals surface area contributed by atoms with Crippen LogP contribution in [-0.4, -0.2) is 9.97 Å².